The van der Waals surface area contributed by atoms with Gasteiger partial charge in [-0.2, -0.15) is 13.2 Å². The van der Waals surface area contributed by atoms with Crippen LogP contribution in [0.1, 0.15) is 18.9 Å². The van der Waals surface area contributed by atoms with Gasteiger partial charge >= 0.3 is 6.18 Å². The van der Waals surface area contributed by atoms with E-state index in [4.69, 9.17) is 0 Å². The Kier molecular flexibility index (Phi) is 3.69. The van der Waals surface area contributed by atoms with Gasteiger partial charge < -0.3 is 10.2 Å². The van der Waals surface area contributed by atoms with Crippen molar-refractivity contribution in [3.63, 3.8) is 0 Å². The van der Waals surface area contributed by atoms with E-state index in [2.05, 4.69) is 5.32 Å². The fourth-order valence-corrected chi connectivity index (χ4v) is 2.14. The van der Waals surface area contributed by atoms with Crippen LogP contribution in [-0.4, -0.2) is 24.4 Å². The molecule has 20 heavy (non-hydrogen) atoms. The van der Waals surface area contributed by atoms with Crippen molar-refractivity contribution in [2.75, 3.05) is 11.4 Å². The van der Waals surface area contributed by atoms with Crippen LogP contribution in [0.5, 0.6) is 0 Å². The van der Waals surface area contributed by atoms with E-state index in [1.807, 2.05) is 0 Å². The van der Waals surface area contributed by atoms with Crippen molar-refractivity contribution in [2.45, 2.75) is 25.6 Å². The molecule has 0 bridgehead atoms. The summed E-state index contributed by atoms with van der Waals surface area (Å²) < 4.78 is 38.9. The number of rotatable bonds is 2. The highest BCUT2D eigenvalue weighted by Crippen LogP contribution is 2.37. The van der Waals surface area contributed by atoms with Crippen LogP contribution < -0.4 is 10.2 Å². The number of carbonyl (C=O) groups excluding carboxylic acids is 2. The standard InChI is InChI=1S/C13H13F3N2O2/c1-2-9-12(20)18(7-11(19)17-9)10-6-4-3-5-8(10)13(14,15)16/h3-6,9H,2,7H2,1H3,(H,17,19). The molecule has 1 unspecified atom stereocenters. The van der Waals surface area contributed by atoms with Gasteiger partial charge in [-0.15, -0.1) is 0 Å². The highest BCUT2D eigenvalue weighted by atomic mass is 19.4. The van der Waals surface area contributed by atoms with Crippen LogP contribution in [0.4, 0.5) is 18.9 Å². The fraction of sp³-hybridized carbons (Fsp3) is 0.385. The van der Waals surface area contributed by atoms with E-state index < -0.39 is 36.1 Å². The Bertz CT molecular complexity index is 543. The fourth-order valence-electron chi connectivity index (χ4n) is 2.14. The highest BCUT2D eigenvalue weighted by molar-refractivity contribution is 6.06. The van der Waals surface area contributed by atoms with E-state index in [9.17, 15) is 22.8 Å². The monoisotopic (exact) mass is 286 g/mol. The molecular weight excluding hydrogens is 273 g/mol. The lowest BCUT2D eigenvalue weighted by Crippen LogP contribution is -2.58. The van der Waals surface area contributed by atoms with Gasteiger partial charge in [-0.25, -0.2) is 0 Å². The first-order valence-electron chi connectivity index (χ1n) is 6.11. The van der Waals surface area contributed by atoms with Gasteiger partial charge in [0.25, 0.3) is 0 Å². The van der Waals surface area contributed by atoms with Gasteiger partial charge in [0, 0.05) is 0 Å². The van der Waals surface area contributed by atoms with E-state index in [0.29, 0.717) is 6.42 Å². The number of para-hydroxylation sites is 1. The molecule has 0 spiro atoms. The van der Waals surface area contributed by atoms with Crippen LogP contribution in [0.15, 0.2) is 24.3 Å². The second kappa shape index (κ2) is 5.15. The quantitative estimate of drug-likeness (QED) is 0.903. The van der Waals surface area contributed by atoms with Gasteiger partial charge in [0.05, 0.1) is 11.3 Å². The number of hydrogen-bond acceptors (Lipinski definition) is 2. The lowest BCUT2D eigenvalue weighted by molar-refractivity contribution is -0.138. The van der Waals surface area contributed by atoms with Gasteiger partial charge in [-0.3, -0.25) is 9.59 Å². The molecule has 0 saturated carbocycles. The second-order valence-electron chi connectivity index (χ2n) is 4.47. The normalized spacial score (nSPS) is 20.0. The second-order valence-corrected chi connectivity index (χ2v) is 4.47. The van der Waals surface area contributed by atoms with Crippen molar-refractivity contribution in [1.82, 2.24) is 5.32 Å². The van der Waals surface area contributed by atoms with Crippen molar-refractivity contribution >= 4 is 17.5 Å². The molecule has 1 aromatic carbocycles. The first-order chi connectivity index (χ1) is 9.34. The summed E-state index contributed by atoms with van der Waals surface area (Å²) in [5, 5.41) is 2.46. The molecule has 1 aliphatic heterocycles. The van der Waals surface area contributed by atoms with Crippen LogP contribution in [0.3, 0.4) is 0 Å². The Hall–Kier alpha value is -2.05. The van der Waals surface area contributed by atoms with E-state index >= 15 is 0 Å². The number of nitrogens with zero attached hydrogens (tertiary/aromatic N) is 1. The van der Waals surface area contributed by atoms with E-state index in [1.165, 1.54) is 18.2 Å². The summed E-state index contributed by atoms with van der Waals surface area (Å²) in [6, 6.07) is 3.98. The molecule has 1 aromatic rings. The molecule has 7 heteroatoms. The number of hydrogen-bond donors (Lipinski definition) is 1. The maximum atomic E-state index is 13.0. The Morgan fingerprint density at radius 1 is 1.30 bits per heavy atom. The number of nitrogens with one attached hydrogen (secondary N) is 1. The molecule has 1 N–H and O–H groups in total. The first kappa shape index (κ1) is 14.4. The lowest BCUT2D eigenvalue weighted by atomic mass is 10.1. The SMILES string of the molecule is CCC1NC(=O)CN(c2ccccc2C(F)(F)F)C1=O. The van der Waals surface area contributed by atoms with Crippen molar-refractivity contribution < 1.29 is 22.8 Å². The number of alkyl halides is 3. The summed E-state index contributed by atoms with van der Waals surface area (Å²) >= 11 is 0. The zero-order chi connectivity index (χ0) is 14.9. The summed E-state index contributed by atoms with van der Waals surface area (Å²) in [7, 11) is 0. The molecule has 4 nitrogen and oxygen atoms in total. The maximum Gasteiger partial charge on any atom is 0.418 e. The molecule has 2 amide bonds. The number of anilines is 1. The molecule has 0 radical (unpaired) electrons. The van der Waals surface area contributed by atoms with Gasteiger partial charge in [0.1, 0.15) is 12.6 Å². The van der Waals surface area contributed by atoms with E-state index in [-0.39, 0.29) is 5.69 Å². The minimum absolute atomic E-state index is 0.279. The van der Waals surface area contributed by atoms with Crippen molar-refractivity contribution in [3.05, 3.63) is 29.8 Å². The summed E-state index contributed by atoms with van der Waals surface area (Å²) in [6.07, 6.45) is -4.25. The van der Waals surface area contributed by atoms with Crippen LogP contribution >= 0.6 is 0 Å². The Morgan fingerprint density at radius 2 is 1.95 bits per heavy atom. The third kappa shape index (κ3) is 2.61. The molecule has 1 aliphatic rings. The number of carbonyl (C=O) groups is 2. The Balaban J connectivity index is 2.45. The lowest BCUT2D eigenvalue weighted by Gasteiger charge is -2.33. The topological polar surface area (TPSA) is 49.4 Å². The molecular formula is C13H13F3N2O2. The maximum absolute atomic E-state index is 13.0. The van der Waals surface area contributed by atoms with Crippen LogP contribution in [-0.2, 0) is 15.8 Å². The average Bonchev–Trinajstić information content (AvgIpc) is 2.40. The van der Waals surface area contributed by atoms with E-state index in [0.717, 1.165) is 11.0 Å². The summed E-state index contributed by atoms with van der Waals surface area (Å²) in [5.41, 5.74) is -1.20. The Morgan fingerprint density at radius 3 is 2.55 bits per heavy atom. The van der Waals surface area contributed by atoms with Crippen molar-refractivity contribution in [1.29, 1.82) is 0 Å². The van der Waals surface area contributed by atoms with Gasteiger partial charge in [-0.05, 0) is 18.6 Å². The molecule has 1 atom stereocenters. The predicted molar refractivity (Wildman–Crippen MR) is 66.0 cm³/mol. The molecule has 1 saturated heterocycles. The average molecular weight is 286 g/mol. The van der Waals surface area contributed by atoms with Crippen LogP contribution in [0.2, 0.25) is 0 Å². The number of amides is 2. The third-order valence-electron chi connectivity index (χ3n) is 3.11. The zero-order valence-corrected chi connectivity index (χ0v) is 10.7. The molecule has 2 rings (SSSR count). The van der Waals surface area contributed by atoms with Gasteiger partial charge in [0.2, 0.25) is 11.8 Å². The van der Waals surface area contributed by atoms with E-state index in [1.54, 1.807) is 6.92 Å². The van der Waals surface area contributed by atoms with Crippen molar-refractivity contribution in [2.24, 2.45) is 0 Å². The first-order valence-corrected chi connectivity index (χ1v) is 6.11. The number of benzene rings is 1. The van der Waals surface area contributed by atoms with Crippen LogP contribution in [0, 0.1) is 0 Å². The zero-order valence-electron chi connectivity index (χ0n) is 10.7. The summed E-state index contributed by atoms with van der Waals surface area (Å²) in [6.45, 7) is 1.28. The van der Waals surface area contributed by atoms with Gasteiger partial charge in [0.15, 0.2) is 0 Å². The van der Waals surface area contributed by atoms with Crippen LogP contribution in [0.25, 0.3) is 0 Å². The minimum atomic E-state index is -4.58. The third-order valence-corrected chi connectivity index (χ3v) is 3.11. The molecule has 1 fully saturated rings. The summed E-state index contributed by atoms with van der Waals surface area (Å²) in [5.74, 6) is -0.989. The highest BCUT2D eigenvalue weighted by Gasteiger charge is 2.39. The van der Waals surface area contributed by atoms with Gasteiger partial charge in [-0.1, -0.05) is 19.1 Å². The minimum Gasteiger partial charge on any atom is -0.343 e. The predicted octanol–water partition coefficient (Wildman–Crippen LogP) is 1.95. The van der Waals surface area contributed by atoms with Crippen molar-refractivity contribution in [3.8, 4) is 0 Å². The number of halogens is 3. The largest absolute Gasteiger partial charge is 0.418 e. The number of piperazine rings is 1. The molecule has 0 aliphatic carbocycles. The molecule has 1 heterocycles. The smallest absolute Gasteiger partial charge is 0.343 e. The summed E-state index contributed by atoms with van der Waals surface area (Å²) in [4.78, 5) is 24.6. The molecule has 0 aromatic heterocycles. The Labute approximate surface area is 113 Å². The molecule has 108 valence electrons.